The van der Waals surface area contributed by atoms with Gasteiger partial charge in [-0.1, -0.05) is 17.7 Å². The molecule has 1 heterocycles. The number of methoxy groups -OCH3 is 1. The number of aryl methyl sites for hydroxylation is 1. The predicted molar refractivity (Wildman–Crippen MR) is 144 cm³/mol. The van der Waals surface area contributed by atoms with Gasteiger partial charge < -0.3 is 15.2 Å². The molecule has 0 aromatic heterocycles. The molecule has 1 aliphatic heterocycles. The predicted octanol–water partition coefficient (Wildman–Crippen LogP) is 5.89. The maximum absolute atomic E-state index is 12.9. The van der Waals surface area contributed by atoms with E-state index in [2.05, 4.69) is 41.9 Å². The number of phenolic OH excluding ortho intramolecular Hbond substituents is 1. The molecule has 182 valence electrons. The molecule has 0 saturated heterocycles. The molecule has 0 saturated carbocycles. The zero-order valence-corrected chi connectivity index (χ0v) is 23.4. The van der Waals surface area contributed by atoms with Crippen molar-refractivity contribution < 1.29 is 18.3 Å². The first-order valence-electron chi connectivity index (χ1n) is 10.4. The maximum Gasteiger partial charge on any atom is 0.262 e. The summed E-state index contributed by atoms with van der Waals surface area (Å²) in [6.07, 6.45) is 1.43. The summed E-state index contributed by atoms with van der Waals surface area (Å²) in [5.41, 5.74) is 4.18. The minimum absolute atomic E-state index is 0. The SMILES string of the molecule is COc1c(Br)cc(CC2NCCc3cc(O)c(NS(=O)(=O)c4ccc(C)cc4)cc32)cc1Br.Cl. The van der Waals surface area contributed by atoms with E-state index in [9.17, 15) is 13.5 Å². The Hall–Kier alpha value is -1.78. The van der Waals surface area contributed by atoms with Gasteiger partial charge in [-0.2, -0.15) is 0 Å². The highest BCUT2D eigenvalue weighted by atomic mass is 79.9. The van der Waals surface area contributed by atoms with E-state index in [1.165, 1.54) is 0 Å². The number of anilines is 1. The van der Waals surface area contributed by atoms with E-state index in [0.717, 1.165) is 49.9 Å². The average molecular weight is 633 g/mol. The van der Waals surface area contributed by atoms with Gasteiger partial charge >= 0.3 is 0 Å². The zero-order valence-electron chi connectivity index (χ0n) is 18.6. The van der Waals surface area contributed by atoms with Crippen molar-refractivity contribution in [2.45, 2.75) is 30.7 Å². The maximum atomic E-state index is 12.9. The highest BCUT2D eigenvalue weighted by molar-refractivity contribution is 9.11. The lowest BCUT2D eigenvalue weighted by Gasteiger charge is -2.28. The molecule has 4 rings (SSSR count). The van der Waals surface area contributed by atoms with Crippen LogP contribution in [0.2, 0.25) is 0 Å². The molecule has 1 aliphatic rings. The van der Waals surface area contributed by atoms with Crippen LogP contribution in [0.3, 0.4) is 0 Å². The van der Waals surface area contributed by atoms with Gasteiger partial charge in [-0.05, 0) is 111 Å². The summed E-state index contributed by atoms with van der Waals surface area (Å²) in [7, 11) is -2.21. The summed E-state index contributed by atoms with van der Waals surface area (Å²) in [4.78, 5) is 0.146. The highest BCUT2D eigenvalue weighted by Gasteiger charge is 2.24. The number of hydrogen-bond donors (Lipinski definition) is 3. The van der Waals surface area contributed by atoms with Crippen molar-refractivity contribution in [2.75, 3.05) is 18.4 Å². The minimum Gasteiger partial charge on any atom is -0.506 e. The first-order chi connectivity index (χ1) is 15.7. The van der Waals surface area contributed by atoms with Gasteiger partial charge in [0.2, 0.25) is 0 Å². The Bertz CT molecular complexity index is 1280. The Morgan fingerprint density at radius 1 is 1.12 bits per heavy atom. The number of ether oxygens (including phenoxy) is 1. The smallest absolute Gasteiger partial charge is 0.262 e. The van der Waals surface area contributed by atoms with Gasteiger partial charge in [0.1, 0.15) is 11.5 Å². The fourth-order valence-electron chi connectivity index (χ4n) is 4.03. The fraction of sp³-hybridized carbons (Fsp3) is 0.250. The number of fused-ring (bicyclic) bond motifs is 1. The number of hydrogen-bond acceptors (Lipinski definition) is 5. The molecule has 0 aliphatic carbocycles. The number of benzene rings is 3. The highest BCUT2D eigenvalue weighted by Crippen LogP contribution is 2.38. The third kappa shape index (κ3) is 5.71. The first kappa shape index (κ1) is 26.8. The van der Waals surface area contributed by atoms with E-state index in [-0.39, 0.29) is 34.8 Å². The largest absolute Gasteiger partial charge is 0.506 e. The molecule has 3 N–H and O–H groups in total. The van der Waals surface area contributed by atoms with Crippen LogP contribution in [0.4, 0.5) is 5.69 Å². The number of aromatic hydroxyl groups is 1. The van der Waals surface area contributed by atoms with Crippen LogP contribution in [-0.2, 0) is 22.9 Å². The van der Waals surface area contributed by atoms with Gasteiger partial charge in [-0.3, -0.25) is 4.72 Å². The number of sulfonamides is 1. The van der Waals surface area contributed by atoms with Crippen molar-refractivity contribution >= 4 is 60.0 Å². The number of nitrogens with one attached hydrogen (secondary N) is 2. The molecule has 10 heteroatoms. The lowest BCUT2D eigenvalue weighted by Crippen LogP contribution is -2.31. The molecule has 1 unspecified atom stereocenters. The molecule has 0 radical (unpaired) electrons. The fourth-order valence-corrected chi connectivity index (χ4v) is 6.70. The summed E-state index contributed by atoms with van der Waals surface area (Å²) >= 11 is 7.10. The van der Waals surface area contributed by atoms with Crippen molar-refractivity contribution in [2.24, 2.45) is 0 Å². The molecule has 1 atom stereocenters. The van der Waals surface area contributed by atoms with E-state index < -0.39 is 10.0 Å². The van der Waals surface area contributed by atoms with Crippen LogP contribution in [-0.4, -0.2) is 27.2 Å². The van der Waals surface area contributed by atoms with E-state index in [1.54, 1.807) is 43.5 Å². The molecule has 0 amide bonds. The topological polar surface area (TPSA) is 87.7 Å². The molecule has 3 aromatic carbocycles. The van der Waals surface area contributed by atoms with Crippen LogP contribution in [0.25, 0.3) is 0 Å². The van der Waals surface area contributed by atoms with E-state index >= 15 is 0 Å². The third-order valence-corrected chi connectivity index (χ3v) is 8.26. The Balaban J connectivity index is 0.00000324. The monoisotopic (exact) mass is 630 g/mol. The summed E-state index contributed by atoms with van der Waals surface area (Å²) in [6, 6.07) is 14.0. The van der Waals surface area contributed by atoms with Crippen LogP contribution < -0.4 is 14.8 Å². The molecule has 6 nitrogen and oxygen atoms in total. The van der Waals surface area contributed by atoms with Crippen LogP contribution in [0.5, 0.6) is 11.5 Å². The molecule has 0 bridgehead atoms. The summed E-state index contributed by atoms with van der Waals surface area (Å²) in [5.74, 6) is 0.647. The van der Waals surface area contributed by atoms with Crippen LogP contribution in [0, 0.1) is 6.92 Å². The Labute approximate surface area is 222 Å². The zero-order chi connectivity index (χ0) is 23.8. The van der Waals surface area contributed by atoms with Gasteiger partial charge in [0.25, 0.3) is 10.0 Å². The van der Waals surface area contributed by atoms with Crippen LogP contribution in [0.1, 0.15) is 28.3 Å². The van der Waals surface area contributed by atoms with Crippen molar-refractivity contribution in [3.8, 4) is 11.5 Å². The summed E-state index contributed by atoms with van der Waals surface area (Å²) in [5, 5.41) is 14.1. The molecule has 34 heavy (non-hydrogen) atoms. The third-order valence-electron chi connectivity index (χ3n) is 5.70. The van der Waals surface area contributed by atoms with Crippen molar-refractivity contribution in [3.05, 3.63) is 79.7 Å². The van der Waals surface area contributed by atoms with Gasteiger partial charge in [0, 0.05) is 6.04 Å². The van der Waals surface area contributed by atoms with Gasteiger partial charge in [0.05, 0.1) is 26.6 Å². The second-order valence-electron chi connectivity index (χ2n) is 8.04. The second-order valence-corrected chi connectivity index (χ2v) is 11.4. The van der Waals surface area contributed by atoms with E-state index in [4.69, 9.17) is 4.74 Å². The summed E-state index contributed by atoms with van der Waals surface area (Å²) < 4.78 is 35.4. The molecule has 0 spiro atoms. The second kappa shape index (κ2) is 10.9. The van der Waals surface area contributed by atoms with Crippen LogP contribution >= 0.6 is 44.3 Å². The van der Waals surface area contributed by atoms with E-state index in [1.807, 2.05) is 19.1 Å². The normalized spacial score (nSPS) is 15.2. The molecule has 3 aromatic rings. The summed E-state index contributed by atoms with van der Waals surface area (Å²) in [6.45, 7) is 2.66. The number of halogens is 3. The molecule has 0 fully saturated rings. The van der Waals surface area contributed by atoms with Crippen molar-refractivity contribution in [1.29, 1.82) is 0 Å². The van der Waals surface area contributed by atoms with Gasteiger partial charge in [-0.25, -0.2) is 8.42 Å². The minimum atomic E-state index is -3.83. The quantitative estimate of drug-likeness (QED) is 0.295. The van der Waals surface area contributed by atoms with Gasteiger partial charge in [-0.15, -0.1) is 12.4 Å². The van der Waals surface area contributed by atoms with Gasteiger partial charge in [0.15, 0.2) is 0 Å². The number of phenols is 1. The lowest BCUT2D eigenvalue weighted by molar-refractivity contribution is 0.409. The Kier molecular flexibility index (Phi) is 8.57. The van der Waals surface area contributed by atoms with Crippen molar-refractivity contribution in [1.82, 2.24) is 5.32 Å². The standard InChI is InChI=1S/C24H24Br2N2O4S.ClH/c1-14-3-5-17(6-4-14)33(30,31)28-22-13-18-16(12-23(22)29)7-8-27-21(18)11-15-9-19(25)24(32-2)20(26)10-15;/h3-6,9-10,12-13,21,27-29H,7-8,11H2,1-2H3;1H. The molecular weight excluding hydrogens is 608 g/mol. The average Bonchev–Trinajstić information content (AvgIpc) is 2.75. The number of rotatable bonds is 6. The Morgan fingerprint density at radius 2 is 1.76 bits per heavy atom. The first-order valence-corrected chi connectivity index (χ1v) is 13.5. The lowest BCUT2D eigenvalue weighted by atomic mass is 9.89. The molecular formula is C24H25Br2ClN2O4S. The van der Waals surface area contributed by atoms with Crippen molar-refractivity contribution in [3.63, 3.8) is 0 Å². The van der Waals surface area contributed by atoms with E-state index in [0.29, 0.717) is 6.42 Å². The van der Waals surface area contributed by atoms with Crippen LogP contribution in [0.15, 0.2) is 62.4 Å². The Morgan fingerprint density at radius 3 is 2.38 bits per heavy atom.